The molecule has 0 radical (unpaired) electrons. The van der Waals surface area contributed by atoms with Crippen molar-refractivity contribution < 1.29 is 13.9 Å². The van der Waals surface area contributed by atoms with Crippen LogP contribution in [0.15, 0.2) is 30.9 Å². The van der Waals surface area contributed by atoms with Crippen LogP contribution in [0.4, 0.5) is 4.39 Å². The highest BCUT2D eigenvalue weighted by Gasteiger charge is 2.39. The van der Waals surface area contributed by atoms with E-state index in [4.69, 9.17) is 4.74 Å². The van der Waals surface area contributed by atoms with E-state index in [1.807, 2.05) is 6.92 Å². The van der Waals surface area contributed by atoms with Crippen LogP contribution in [-0.4, -0.2) is 5.97 Å². The summed E-state index contributed by atoms with van der Waals surface area (Å²) in [5.74, 6) is 3.73. The second kappa shape index (κ2) is 10.3. The highest BCUT2D eigenvalue weighted by atomic mass is 19.1. The summed E-state index contributed by atoms with van der Waals surface area (Å²) in [6.07, 6.45) is 17.1. The fraction of sp³-hybridized carbons (Fsp3) is 0.679. The summed E-state index contributed by atoms with van der Waals surface area (Å²) in [5.41, 5.74) is 0.831. The lowest BCUT2D eigenvalue weighted by Gasteiger charge is -2.45. The number of esters is 1. The molecule has 0 saturated heterocycles. The predicted molar refractivity (Wildman–Crippen MR) is 123 cm³/mol. The van der Waals surface area contributed by atoms with Gasteiger partial charge < -0.3 is 4.74 Å². The lowest BCUT2D eigenvalue weighted by atomic mass is 9.60. The molecular weight excluding hydrogens is 387 g/mol. The van der Waals surface area contributed by atoms with Gasteiger partial charge in [0.2, 0.25) is 0 Å². The second-order valence-electron chi connectivity index (χ2n) is 10.6. The van der Waals surface area contributed by atoms with Gasteiger partial charge in [-0.05, 0) is 125 Å². The molecule has 1 aromatic carbocycles. The summed E-state index contributed by atoms with van der Waals surface area (Å²) < 4.78 is 19.4. The lowest BCUT2D eigenvalue weighted by molar-refractivity contribution is -0.140. The number of carbonyl (C=O) groups is 1. The van der Waals surface area contributed by atoms with Crippen LogP contribution in [0.1, 0.15) is 82.6 Å². The molecule has 170 valence electrons. The average molecular weight is 427 g/mol. The molecule has 4 atom stereocenters. The van der Waals surface area contributed by atoms with E-state index >= 15 is 0 Å². The van der Waals surface area contributed by atoms with Gasteiger partial charge in [0.15, 0.2) is 11.6 Å². The zero-order valence-electron chi connectivity index (χ0n) is 19.2. The number of aryl methyl sites for hydroxylation is 1. The predicted octanol–water partition coefficient (Wildman–Crippen LogP) is 7.64. The molecular formula is C28H39FO2. The summed E-state index contributed by atoms with van der Waals surface area (Å²) in [4.78, 5) is 12.6. The van der Waals surface area contributed by atoms with E-state index in [1.165, 1.54) is 57.4 Å². The fourth-order valence-electron chi connectivity index (χ4n) is 6.77. The Balaban J connectivity index is 1.23. The zero-order valence-corrected chi connectivity index (χ0v) is 19.2. The van der Waals surface area contributed by atoms with Crippen molar-refractivity contribution in [2.75, 3.05) is 0 Å². The van der Waals surface area contributed by atoms with Crippen molar-refractivity contribution in [3.8, 4) is 5.75 Å². The van der Waals surface area contributed by atoms with Gasteiger partial charge in [-0.2, -0.15) is 0 Å². The number of fused-ring (bicyclic) bond motifs is 1. The molecule has 3 heteroatoms. The maximum atomic E-state index is 14.0. The number of benzene rings is 1. The molecule has 4 rings (SSSR count). The molecule has 0 heterocycles. The Morgan fingerprint density at radius 3 is 2.35 bits per heavy atom. The Labute approximate surface area is 187 Å². The smallest absolute Gasteiger partial charge is 0.314 e. The van der Waals surface area contributed by atoms with E-state index in [-0.39, 0.29) is 17.6 Å². The molecule has 31 heavy (non-hydrogen) atoms. The molecule has 0 aliphatic heterocycles. The topological polar surface area (TPSA) is 26.3 Å². The third-order valence-corrected chi connectivity index (χ3v) is 8.61. The molecule has 4 unspecified atom stereocenters. The van der Waals surface area contributed by atoms with Gasteiger partial charge in [0.1, 0.15) is 0 Å². The first-order valence-corrected chi connectivity index (χ1v) is 12.6. The molecule has 3 saturated carbocycles. The quantitative estimate of drug-likeness (QED) is 0.265. The number of halogens is 1. The van der Waals surface area contributed by atoms with E-state index in [0.29, 0.717) is 0 Å². The average Bonchev–Trinajstić information content (AvgIpc) is 2.79. The summed E-state index contributed by atoms with van der Waals surface area (Å²) >= 11 is 0. The van der Waals surface area contributed by atoms with Gasteiger partial charge in [0.25, 0.3) is 0 Å². The zero-order chi connectivity index (χ0) is 21.8. The molecule has 2 nitrogen and oxygen atoms in total. The minimum absolute atomic E-state index is 0.0692. The van der Waals surface area contributed by atoms with Gasteiger partial charge in [0.05, 0.1) is 5.92 Å². The van der Waals surface area contributed by atoms with Crippen molar-refractivity contribution >= 4 is 5.97 Å². The first-order chi connectivity index (χ1) is 15.0. The molecule has 3 aliphatic rings. The highest BCUT2D eigenvalue weighted by Crippen LogP contribution is 2.49. The first-order valence-electron chi connectivity index (χ1n) is 12.6. The lowest BCUT2D eigenvalue weighted by Crippen LogP contribution is -2.35. The maximum Gasteiger partial charge on any atom is 0.314 e. The van der Waals surface area contributed by atoms with Crippen LogP contribution < -0.4 is 4.74 Å². The number of hydrogen-bond donors (Lipinski definition) is 0. The van der Waals surface area contributed by atoms with Gasteiger partial charge in [0, 0.05) is 0 Å². The third kappa shape index (κ3) is 5.59. The van der Waals surface area contributed by atoms with Gasteiger partial charge in [-0.1, -0.05) is 18.6 Å². The molecule has 0 N–H and O–H groups in total. The van der Waals surface area contributed by atoms with Crippen LogP contribution >= 0.6 is 0 Å². The monoisotopic (exact) mass is 426 g/mol. The molecule has 0 amide bonds. The second-order valence-corrected chi connectivity index (χ2v) is 10.6. The Morgan fingerprint density at radius 1 is 1.00 bits per heavy atom. The van der Waals surface area contributed by atoms with Crippen LogP contribution in [0.2, 0.25) is 0 Å². The van der Waals surface area contributed by atoms with Crippen molar-refractivity contribution in [2.24, 2.45) is 35.5 Å². The van der Waals surface area contributed by atoms with Gasteiger partial charge in [-0.15, -0.1) is 6.58 Å². The molecule has 0 bridgehead atoms. The number of ether oxygens (including phenoxy) is 1. The SMILES string of the molecule is C=CCCC1CCC2CC(C3CCC(C(=O)Oc4ccc(C)cc4F)CC3)CCC2C1. The van der Waals surface area contributed by atoms with E-state index in [1.54, 1.807) is 12.1 Å². The highest BCUT2D eigenvalue weighted by molar-refractivity contribution is 5.75. The molecule has 3 fully saturated rings. The van der Waals surface area contributed by atoms with Crippen molar-refractivity contribution in [1.82, 2.24) is 0 Å². The number of carbonyl (C=O) groups excluding carboxylic acids is 1. The van der Waals surface area contributed by atoms with Crippen molar-refractivity contribution in [2.45, 2.75) is 84.0 Å². The third-order valence-electron chi connectivity index (χ3n) is 8.61. The Kier molecular flexibility index (Phi) is 7.51. The van der Waals surface area contributed by atoms with Gasteiger partial charge in [-0.3, -0.25) is 4.79 Å². The minimum Gasteiger partial charge on any atom is -0.423 e. The summed E-state index contributed by atoms with van der Waals surface area (Å²) in [7, 11) is 0. The molecule has 1 aromatic rings. The van der Waals surface area contributed by atoms with Gasteiger partial charge >= 0.3 is 5.97 Å². The Bertz CT molecular complexity index is 764. The normalized spacial score (nSPS) is 33.4. The van der Waals surface area contributed by atoms with Gasteiger partial charge in [-0.25, -0.2) is 4.39 Å². The van der Waals surface area contributed by atoms with Crippen molar-refractivity contribution in [3.63, 3.8) is 0 Å². The van der Waals surface area contributed by atoms with Crippen LogP contribution in [0.3, 0.4) is 0 Å². The fourth-order valence-corrected chi connectivity index (χ4v) is 6.77. The summed E-state index contributed by atoms with van der Waals surface area (Å²) in [6, 6.07) is 4.77. The molecule has 3 aliphatic carbocycles. The number of rotatable bonds is 6. The summed E-state index contributed by atoms with van der Waals surface area (Å²) in [6.45, 7) is 5.72. The summed E-state index contributed by atoms with van der Waals surface area (Å²) in [5, 5.41) is 0. The Hall–Kier alpha value is -1.64. The number of hydrogen-bond acceptors (Lipinski definition) is 2. The molecule has 0 aromatic heterocycles. The van der Waals surface area contributed by atoms with Crippen LogP contribution in [-0.2, 0) is 4.79 Å². The van der Waals surface area contributed by atoms with E-state index in [9.17, 15) is 9.18 Å². The van der Waals surface area contributed by atoms with E-state index < -0.39 is 5.82 Å². The number of allylic oxidation sites excluding steroid dienone is 1. The van der Waals surface area contributed by atoms with Crippen LogP contribution in [0.25, 0.3) is 0 Å². The van der Waals surface area contributed by atoms with Crippen molar-refractivity contribution in [3.05, 3.63) is 42.2 Å². The minimum atomic E-state index is -0.446. The van der Waals surface area contributed by atoms with Crippen LogP contribution in [0.5, 0.6) is 5.75 Å². The van der Waals surface area contributed by atoms with E-state index in [2.05, 4.69) is 12.7 Å². The standard InChI is InChI=1S/C28H39FO2/c1-3-4-5-20-7-8-25-18-24(14-13-23(25)17-20)21-9-11-22(12-10-21)28(30)31-27-15-6-19(2)16-26(27)29/h3,6,15-16,20-25H,1,4-5,7-14,17-18H2,2H3. The molecule has 0 spiro atoms. The van der Waals surface area contributed by atoms with Crippen LogP contribution in [0, 0.1) is 48.2 Å². The van der Waals surface area contributed by atoms with E-state index in [0.717, 1.165) is 60.8 Å². The Morgan fingerprint density at radius 2 is 1.65 bits per heavy atom. The first kappa shape index (κ1) is 22.6. The largest absolute Gasteiger partial charge is 0.423 e. The maximum absolute atomic E-state index is 14.0. The van der Waals surface area contributed by atoms with Crippen molar-refractivity contribution in [1.29, 1.82) is 0 Å².